The Labute approximate surface area is 82.0 Å². The van der Waals surface area contributed by atoms with E-state index in [1.165, 1.54) is 12.1 Å². The van der Waals surface area contributed by atoms with Gasteiger partial charge >= 0.3 is 0 Å². The van der Waals surface area contributed by atoms with Gasteiger partial charge in [0.05, 0.1) is 5.69 Å². The lowest BCUT2D eigenvalue weighted by Crippen LogP contribution is -2.13. The summed E-state index contributed by atoms with van der Waals surface area (Å²) in [6.45, 7) is 2.64. The van der Waals surface area contributed by atoms with Crippen molar-refractivity contribution in [3.05, 3.63) is 29.6 Å². The molecular formula is C10H12FN3. The highest BCUT2D eigenvalue weighted by atomic mass is 19.1. The van der Waals surface area contributed by atoms with E-state index < -0.39 is 0 Å². The molecule has 1 aliphatic heterocycles. The molecule has 0 spiro atoms. The maximum Gasteiger partial charge on any atom is 0.123 e. The molecule has 0 amide bonds. The number of nitrogens with two attached hydrogens (primary N) is 1. The SMILES string of the molecule is Cc1cc(F)ccc1N1CCC(N)=N1. The van der Waals surface area contributed by atoms with Crippen molar-refractivity contribution in [3.63, 3.8) is 0 Å². The van der Waals surface area contributed by atoms with Gasteiger partial charge < -0.3 is 5.73 Å². The van der Waals surface area contributed by atoms with Gasteiger partial charge in [-0.05, 0) is 30.7 Å². The molecular weight excluding hydrogens is 181 g/mol. The topological polar surface area (TPSA) is 41.6 Å². The molecule has 1 aromatic rings. The number of halogens is 1. The molecule has 1 aliphatic rings. The van der Waals surface area contributed by atoms with E-state index in [1.807, 2.05) is 11.9 Å². The van der Waals surface area contributed by atoms with Gasteiger partial charge in [0.1, 0.15) is 11.7 Å². The largest absolute Gasteiger partial charge is 0.386 e. The Morgan fingerprint density at radius 1 is 1.50 bits per heavy atom. The second kappa shape index (κ2) is 3.29. The first kappa shape index (κ1) is 8.99. The monoisotopic (exact) mass is 193 g/mol. The molecule has 0 aliphatic carbocycles. The summed E-state index contributed by atoms with van der Waals surface area (Å²) in [6, 6.07) is 4.67. The molecule has 0 radical (unpaired) electrons. The number of anilines is 1. The zero-order valence-electron chi connectivity index (χ0n) is 8.00. The summed E-state index contributed by atoms with van der Waals surface area (Å²) in [7, 11) is 0. The van der Waals surface area contributed by atoms with E-state index in [2.05, 4.69) is 5.10 Å². The van der Waals surface area contributed by atoms with Crippen molar-refractivity contribution in [3.8, 4) is 0 Å². The zero-order valence-corrected chi connectivity index (χ0v) is 8.00. The van der Waals surface area contributed by atoms with Crippen LogP contribution in [-0.2, 0) is 0 Å². The minimum atomic E-state index is -0.220. The molecule has 2 N–H and O–H groups in total. The second-order valence-corrected chi connectivity index (χ2v) is 3.40. The first-order valence-corrected chi connectivity index (χ1v) is 4.53. The summed E-state index contributed by atoms with van der Waals surface area (Å²) in [5.41, 5.74) is 7.38. The van der Waals surface area contributed by atoms with Gasteiger partial charge in [-0.15, -0.1) is 0 Å². The number of aryl methyl sites for hydroxylation is 1. The summed E-state index contributed by atoms with van der Waals surface area (Å²) in [6.07, 6.45) is 0.775. The van der Waals surface area contributed by atoms with E-state index in [1.54, 1.807) is 6.07 Å². The van der Waals surface area contributed by atoms with Crippen molar-refractivity contribution in [1.29, 1.82) is 0 Å². The number of nitrogens with zero attached hydrogens (tertiary/aromatic N) is 2. The lowest BCUT2D eigenvalue weighted by molar-refractivity contribution is 0.626. The molecule has 0 saturated heterocycles. The fraction of sp³-hybridized carbons (Fsp3) is 0.300. The van der Waals surface area contributed by atoms with Crippen LogP contribution in [0.3, 0.4) is 0 Å². The lowest BCUT2D eigenvalue weighted by Gasteiger charge is -2.15. The molecule has 0 aromatic heterocycles. The van der Waals surface area contributed by atoms with Crippen LogP contribution in [0, 0.1) is 12.7 Å². The number of benzene rings is 1. The Kier molecular flexibility index (Phi) is 2.11. The molecule has 1 heterocycles. The van der Waals surface area contributed by atoms with Crippen molar-refractivity contribution < 1.29 is 4.39 Å². The third-order valence-corrected chi connectivity index (χ3v) is 2.27. The standard InChI is InChI=1S/C10H12FN3/c1-7-6-8(11)2-3-9(7)14-5-4-10(12)13-14/h2-3,6H,4-5H2,1H3,(H2,12,13). The third kappa shape index (κ3) is 1.55. The number of amidine groups is 1. The van der Waals surface area contributed by atoms with E-state index in [0.717, 1.165) is 24.2 Å². The van der Waals surface area contributed by atoms with Crippen molar-refractivity contribution in [2.45, 2.75) is 13.3 Å². The van der Waals surface area contributed by atoms with E-state index in [-0.39, 0.29) is 5.82 Å². The normalized spacial score (nSPS) is 15.9. The van der Waals surface area contributed by atoms with Crippen LogP contribution in [-0.4, -0.2) is 12.4 Å². The highest BCUT2D eigenvalue weighted by Crippen LogP contribution is 2.23. The van der Waals surface area contributed by atoms with Gasteiger partial charge in [0.25, 0.3) is 0 Å². The van der Waals surface area contributed by atoms with E-state index in [0.29, 0.717) is 5.84 Å². The quantitative estimate of drug-likeness (QED) is 0.736. The summed E-state index contributed by atoms with van der Waals surface area (Å²) >= 11 is 0. The second-order valence-electron chi connectivity index (χ2n) is 3.40. The molecule has 0 unspecified atom stereocenters. The van der Waals surface area contributed by atoms with Crippen LogP contribution in [0.2, 0.25) is 0 Å². The predicted octanol–water partition coefficient (Wildman–Crippen LogP) is 1.62. The van der Waals surface area contributed by atoms with Crippen LogP contribution >= 0.6 is 0 Å². The summed E-state index contributed by atoms with van der Waals surface area (Å²) in [4.78, 5) is 0. The van der Waals surface area contributed by atoms with Gasteiger partial charge in [-0.1, -0.05) is 0 Å². The van der Waals surface area contributed by atoms with Gasteiger partial charge in [0.2, 0.25) is 0 Å². The Balaban J connectivity index is 2.33. The van der Waals surface area contributed by atoms with Crippen LogP contribution in [0.4, 0.5) is 10.1 Å². The first-order valence-electron chi connectivity index (χ1n) is 4.53. The van der Waals surface area contributed by atoms with Crippen LogP contribution in [0.1, 0.15) is 12.0 Å². The van der Waals surface area contributed by atoms with Gasteiger partial charge in [0, 0.05) is 13.0 Å². The average molecular weight is 193 g/mol. The zero-order chi connectivity index (χ0) is 10.1. The molecule has 2 rings (SSSR count). The smallest absolute Gasteiger partial charge is 0.123 e. The Hall–Kier alpha value is -1.58. The Bertz CT molecular complexity index is 387. The number of rotatable bonds is 1. The predicted molar refractivity (Wildman–Crippen MR) is 54.7 cm³/mol. The van der Waals surface area contributed by atoms with E-state index >= 15 is 0 Å². The van der Waals surface area contributed by atoms with Gasteiger partial charge in [-0.25, -0.2) is 4.39 Å². The molecule has 3 nitrogen and oxygen atoms in total. The summed E-state index contributed by atoms with van der Waals surface area (Å²) in [5, 5.41) is 5.96. The van der Waals surface area contributed by atoms with Crippen LogP contribution < -0.4 is 10.7 Å². The molecule has 0 saturated carbocycles. The first-order chi connectivity index (χ1) is 6.66. The molecule has 0 atom stereocenters. The Morgan fingerprint density at radius 3 is 2.86 bits per heavy atom. The molecule has 14 heavy (non-hydrogen) atoms. The van der Waals surface area contributed by atoms with Gasteiger partial charge in [-0.2, -0.15) is 5.10 Å². The van der Waals surface area contributed by atoms with Crippen molar-refractivity contribution >= 4 is 11.5 Å². The summed E-state index contributed by atoms with van der Waals surface area (Å²) in [5.74, 6) is 0.413. The maximum absolute atomic E-state index is 12.8. The summed E-state index contributed by atoms with van der Waals surface area (Å²) < 4.78 is 12.8. The highest BCUT2D eigenvalue weighted by molar-refractivity contribution is 5.84. The van der Waals surface area contributed by atoms with E-state index in [9.17, 15) is 4.39 Å². The molecule has 0 fully saturated rings. The lowest BCUT2D eigenvalue weighted by atomic mass is 10.2. The minimum absolute atomic E-state index is 0.220. The van der Waals surface area contributed by atoms with Crippen LogP contribution in [0.15, 0.2) is 23.3 Å². The highest BCUT2D eigenvalue weighted by Gasteiger charge is 2.15. The minimum Gasteiger partial charge on any atom is -0.386 e. The average Bonchev–Trinajstić information content (AvgIpc) is 2.51. The fourth-order valence-corrected chi connectivity index (χ4v) is 1.56. The third-order valence-electron chi connectivity index (χ3n) is 2.27. The molecule has 1 aromatic carbocycles. The molecule has 0 bridgehead atoms. The van der Waals surface area contributed by atoms with Gasteiger partial charge in [-0.3, -0.25) is 5.01 Å². The van der Waals surface area contributed by atoms with Crippen LogP contribution in [0.25, 0.3) is 0 Å². The van der Waals surface area contributed by atoms with Gasteiger partial charge in [0.15, 0.2) is 0 Å². The molecule has 74 valence electrons. The number of hydrogen-bond acceptors (Lipinski definition) is 3. The van der Waals surface area contributed by atoms with Crippen molar-refractivity contribution in [1.82, 2.24) is 0 Å². The fourth-order valence-electron chi connectivity index (χ4n) is 1.56. The molecule has 4 heteroatoms. The van der Waals surface area contributed by atoms with Crippen molar-refractivity contribution in [2.75, 3.05) is 11.6 Å². The van der Waals surface area contributed by atoms with Crippen LogP contribution in [0.5, 0.6) is 0 Å². The number of hydrazone groups is 1. The number of hydrogen-bond donors (Lipinski definition) is 1. The maximum atomic E-state index is 12.8. The van der Waals surface area contributed by atoms with E-state index in [4.69, 9.17) is 5.73 Å². The van der Waals surface area contributed by atoms with Crippen molar-refractivity contribution in [2.24, 2.45) is 10.8 Å². The Morgan fingerprint density at radius 2 is 2.29 bits per heavy atom.